The van der Waals surface area contributed by atoms with Gasteiger partial charge in [-0.05, 0) is 57.5 Å². The second kappa shape index (κ2) is 9.11. The van der Waals surface area contributed by atoms with Crippen molar-refractivity contribution >= 4 is 46.6 Å². The van der Waals surface area contributed by atoms with Crippen LogP contribution >= 0.6 is 23.2 Å². The maximum Gasteiger partial charge on any atom is 0.277 e. The molecule has 30 heavy (non-hydrogen) atoms. The fourth-order valence-electron chi connectivity index (χ4n) is 3.70. The molecule has 0 aliphatic carbocycles. The predicted molar refractivity (Wildman–Crippen MR) is 125 cm³/mol. The molecule has 0 saturated heterocycles. The minimum Gasteiger partial charge on any atom is -0.482 e. The van der Waals surface area contributed by atoms with E-state index in [1.54, 1.807) is 30.5 Å². The molecule has 1 amide bonds. The van der Waals surface area contributed by atoms with Crippen molar-refractivity contribution in [3.63, 3.8) is 0 Å². The second-order valence-corrected chi connectivity index (χ2v) is 8.44. The Morgan fingerprint density at radius 1 is 1.23 bits per heavy atom. The quantitative estimate of drug-likeness (QED) is 0.468. The highest BCUT2D eigenvalue weighted by Crippen LogP contribution is 2.40. The molecule has 0 radical (unpaired) electrons. The summed E-state index contributed by atoms with van der Waals surface area (Å²) in [5, 5.41) is 5.04. The lowest BCUT2D eigenvalue weighted by Crippen LogP contribution is -2.44. The largest absolute Gasteiger partial charge is 0.482 e. The van der Waals surface area contributed by atoms with Crippen LogP contribution in [0.2, 0.25) is 10.0 Å². The van der Waals surface area contributed by atoms with Gasteiger partial charge in [-0.15, -0.1) is 0 Å². The molecular weight excluding hydrogens is 421 g/mol. The Hall–Kier alpha value is -2.50. The molecule has 0 atom stereocenters. The number of nitrogens with zero attached hydrogens (tertiary/aromatic N) is 2. The number of para-hydroxylation sites is 1. The molecule has 1 N–H and O–H groups in total. The Balaban J connectivity index is 1.70. The van der Waals surface area contributed by atoms with Crippen LogP contribution in [0.15, 0.2) is 47.6 Å². The summed E-state index contributed by atoms with van der Waals surface area (Å²) >= 11 is 12.5. The molecule has 1 heterocycles. The van der Waals surface area contributed by atoms with E-state index in [4.69, 9.17) is 27.9 Å². The van der Waals surface area contributed by atoms with Crippen LogP contribution in [0.1, 0.15) is 38.8 Å². The lowest BCUT2D eigenvalue weighted by molar-refractivity contribution is -0.123. The zero-order chi connectivity index (χ0) is 21.9. The van der Waals surface area contributed by atoms with Crippen molar-refractivity contribution in [2.24, 2.45) is 5.10 Å². The number of hydrogen-bond donors (Lipinski definition) is 1. The zero-order valence-electron chi connectivity index (χ0n) is 17.5. The number of amides is 1. The van der Waals surface area contributed by atoms with E-state index in [0.29, 0.717) is 15.8 Å². The Morgan fingerprint density at radius 2 is 1.97 bits per heavy atom. The van der Waals surface area contributed by atoms with Gasteiger partial charge < -0.3 is 9.64 Å². The molecule has 0 spiro atoms. The van der Waals surface area contributed by atoms with E-state index in [9.17, 15) is 4.79 Å². The SMILES string of the molecule is CCN1c2cc(Cl)c(/C=N/NC(=O)COc3ccccc3Cl)cc2C(C)=CC1(C)C. The number of anilines is 1. The number of benzene rings is 2. The van der Waals surface area contributed by atoms with Crippen molar-refractivity contribution < 1.29 is 9.53 Å². The monoisotopic (exact) mass is 445 g/mol. The number of hydrogen-bond acceptors (Lipinski definition) is 4. The van der Waals surface area contributed by atoms with Gasteiger partial charge in [0, 0.05) is 23.4 Å². The molecule has 7 heteroatoms. The van der Waals surface area contributed by atoms with E-state index in [-0.39, 0.29) is 12.1 Å². The molecule has 3 rings (SSSR count). The first-order chi connectivity index (χ1) is 14.2. The first-order valence-electron chi connectivity index (χ1n) is 9.73. The number of halogens is 2. The van der Waals surface area contributed by atoms with E-state index in [0.717, 1.165) is 23.4 Å². The number of fused-ring (bicyclic) bond motifs is 1. The highest BCUT2D eigenvalue weighted by Gasteiger charge is 2.30. The highest BCUT2D eigenvalue weighted by molar-refractivity contribution is 6.33. The van der Waals surface area contributed by atoms with Gasteiger partial charge in [-0.3, -0.25) is 4.79 Å². The number of carbonyl (C=O) groups is 1. The van der Waals surface area contributed by atoms with Crippen LogP contribution in [-0.2, 0) is 4.79 Å². The van der Waals surface area contributed by atoms with Gasteiger partial charge in [0.2, 0.25) is 0 Å². The third-order valence-corrected chi connectivity index (χ3v) is 5.64. The fraction of sp³-hybridized carbons (Fsp3) is 0.304. The van der Waals surface area contributed by atoms with Crippen LogP contribution in [0.3, 0.4) is 0 Å². The molecular formula is C23H25Cl2N3O2. The van der Waals surface area contributed by atoms with Crippen LogP contribution in [0.4, 0.5) is 5.69 Å². The van der Waals surface area contributed by atoms with Crippen LogP contribution < -0.4 is 15.1 Å². The highest BCUT2D eigenvalue weighted by atomic mass is 35.5. The zero-order valence-corrected chi connectivity index (χ0v) is 19.0. The van der Waals surface area contributed by atoms with Crippen molar-refractivity contribution in [2.75, 3.05) is 18.1 Å². The van der Waals surface area contributed by atoms with Crippen molar-refractivity contribution in [3.05, 3.63) is 63.6 Å². The Kier molecular flexibility index (Phi) is 6.74. The van der Waals surface area contributed by atoms with Crippen LogP contribution in [0.5, 0.6) is 5.75 Å². The van der Waals surface area contributed by atoms with Gasteiger partial charge in [0.05, 0.1) is 21.8 Å². The molecule has 0 bridgehead atoms. The second-order valence-electron chi connectivity index (χ2n) is 7.63. The van der Waals surface area contributed by atoms with Gasteiger partial charge in [0.15, 0.2) is 6.61 Å². The summed E-state index contributed by atoms with van der Waals surface area (Å²) in [6.45, 7) is 9.27. The van der Waals surface area contributed by atoms with Crippen molar-refractivity contribution in [1.29, 1.82) is 0 Å². The number of nitrogens with one attached hydrogen (secondary N) is 1. The number of rotatable bonds is 6. The van der Waals surface area contributed by atoms with E-state index < -0.39 is 5.91 Å². The molecule has 0 aromatic heterocycles. The van der Waals surface area contributed by atoms with Gasteiger partial charge in [0.1, 0.15) is 5.75 Å². The van der Waals surface area contributed by atoms with Gasteiger partial charge >= 0.3 is 0 Å². The van der Waals surface area contributed by atoms with Crippen LogP contribution in [0.25, 0.3) is 5.57 Å². The van der Waals surface area contributed by atoms with Crippen molar-refractivity contribution in [2.45, 2.75) is 33.2 Å². The van der Waals surface area contributed by atoms with Crippen molar-refractivity contribution in [3.8, 4) is 5.75 Å². The molecule has 2 aromatic carbocycles. The lowest BCUT2D eigenvalue weighted by atomic mass is 9.88. The van der Waals surface area contributed by atoms with Crippen molar-refractivity contribution in [1.82, 2.24) is 5.43 Å². The van der Waals surface area contributed by atoms with Gasteiger partial charge in [-0.2, -0.15) is 5.10 Å². The minimum absolute atomic E-state index is 0.0829. The summed E-state index contributed by atoms with van der Waals surface area (Å²) in [4.78, 5) is 14.3. The summed E-state index contributed by atoms with van der Waals surface area (Å²) < 4.78 is 5.40. The Labute approximate surface area is 187 Å². The molecule has 1 aliphatic heterocycles. The summed E-state index contributed by atoms with van der Waals surface area (Å²) in [6, 6.07) is 10.9. The van der Waals surface area contributed by atoms with E-state index in [2.05, 4.69) is 49.2 Å². The molecule has 2 aromatic rings. The lowest BCUT2D eigenvalue weighted by Gasteiger charge is -2.43. The van der Waals surface area contributed by atoms with Gasteiger partial charge in [-0.25, -0.2) is 5.43 Å². The summed E-state index contributed by atoms with van der Waals surface area (Å²) in [5.41, 5.74) is 6.49. The molecule has 0 saturated carbocycles. The Morgan fingerprint density at radius 3 is 2.67 bits per heavy atom. The Bertz CT molecular complexity index is 1020. The number of likely N-dealkylation sites (N-methyl/N-ethyl adjacent to an activating group) is 1. The summed E-state index contributed by atoms with van der Waals surface area (Å²) in [7, 11) is 0. The minimum atomic E-state index is -0.393. The summed E-state index contributed by atoms with van der Waals surface area (Å²) in [5.74, 6) is 0.0527. The first kappa shape index (κ1) is 22.2. The van der Waals surface area contributed by atoms with Gasteiger partial charge in [-0.1, -0.05) is 41.4 Å². The molecule has 5 nitrogen and oxygen atoms in total. The van der Waals surface area contributed by atoms with Crippen LogP contribution in [-0.4, -0.2) is 30.8 Å². The van der Waals surface area contributed by atoms with E-state index in [1.165, 1.54) is 5.57 Å². The summed E-state index contributed by atoms with van der Waals surface area (Å²) in [6.07, 6.45) is 3.79. The maximum atomic E-state index is 12.0. The normalized spacial score (nSPS) is 15.0. The van der Waals surface area contributed by atoms with E-state index >= 15 is 0 Å². The standard InChI is InChI=1S/C23H25Cl2N3O2/c1-5-28-20-11-19(25)16(10-17(20)15(2)12-23(28,3)4)13-26-27-22(29)14-30-21-9-7-6-8-18(21)24/h6-13H,5,14H2,1-4H3,(H,27,29)/b26-13+. The average Bonchev–Trinajstić information content (AvgIpc) is 2.68. The number of allylic oxidation sites excluding steroid dienone is 1. The molecule has 0 unspecified atom stereocenters. The third kappa shape index (κ3) is 4.79. The van der Waals surface area contributed by atoms with Gasteiger partial charge in [0.25, 0.3) is 5.91 Å². The molecule has 0 fully saturated rings. The van der Waals surface area contributed by atoms with Crippen LogP contribution in [0, 0.1) is 0 Å². The third-order valence-electron chi connectivity index (χ3n) is 5.00. The predicted octanol–water partition coefficient (Wildman–Crippen LogP) is 5.54. The fourth-order valence-corrected chi connectivity index (χ4v) is 4.10. The topological polar surface area (TPSA) is 53.9 Å². The van der Waals surface area contributed by atoms with E-state index in [1.807, 2.05) is 12.1 Å². The number of ether oxygens (including phenoxy) is 1. The average molecular weight is 446 g/mol. The maximum absolute atomic E-state index is 12.0. The number of hydrazone groups is 1. The smallest absolute Gasteiger partial charge is 0.277 e. The number of carbonyl (C=O) groups excluding carboxylic acids is 1. The molecule has 1 aliphatic rings. The molecule has 158 valence electrons. The first-order valence-corrected chi connectivity index (χ1v) is 10.5.